The molecule has 0 radical (unpaired) electrons. The number of anilines is 1. The van der Waals surface area contributed by atoms with Crippen LogP contribution in [-0.2, 0) is 9.59 Å². The van der Waals surface area contributed by atoms with Crippen molar-refractivity contribution >= 4 is 40.8 Å². The van der Waals surface area contributed by atoms with Crippen LogP contribution < -0.4 is 14.8 Å². The molecule has 2 aromatic carbocycles. The van der Waals surface area contributed by atoms with E-state index in [0.717, 1.165) is 16.8 Å². The number of hydrogen-bond acceptors (Lipinski definition) is 4. The highest BCUT2D eigenvalue weighted by Gasteiger charge is 2.24. The lowest BCUT2D eigenvalue weighted by Gasteiger charge is -2.14. The Hall–Kier alpha value is -2.99. The van der Waals surface area contributed by atoms with Gasteiger partial charge < -0.3 is 19.7 Å². The molecule has 2 aromatic rings. The van der Waals surface area contributed by atoms with E-state index in [1.165, 1.54) is 4.90 Å². The second-order valence-electron chi connectivity index (χ2n) is 6.42. The minimum absolute atomic E-state index is 0.0816. The van der Waals surface area contributed by atoms with E-state index in [1.807, 2.05) is 6.92 Å². The summed E-state index contributed by atoms with van der Waals surface area (Å²) in [5, 5.41) is 3.39. The zero-order valence-electron chi connectivity index (χ0n) is 15.9. The van der Waals surface area contributed by atoms with Crippen molar-refractivity contribution in [3.8, 4) is 11.5 Å². The number of amides is 2. The van der Waals surface area contributed by atoms with Crippen molar-refractivity contribution in [1.82, 2.24) is 4.90 Å². The Morgan fingerprint density at radius 1 is 1.14 bits per heavy atom. The molecule has 1 N–H and O–H groups in total. The molecule has 0 aliphatic carbocycles. The van der Waals surface area contributed by atoms with Crippen molar-refractivity contribution in [3.63, 3.8) is 0 Å². The normalized spacial score (nSPS) is 13.9. The molecule has 0 fully saturated rings. The summed E-state index contributed by atoms with van der Waals surface area (Å²) in [6.45, 7) is 2.22. The second-order valence-corrected chi connectivity index (χ2v) is 6.85. The highest BCUT2D eigenvalue weighted by atomic mass is 35.5. The number of likely N-dealkylation sites (N-methyl/N-ethyl adjacent to an activating group) is 1. The van der Waals surface area contributed by atoms with Crippen LogP contribution in [0.1, 0.15) is 18.1 Å². The molecule has 1 aliphatic rings. The molecular weight excluding hydrogens is 380 g/mol. The molecule has 1 heterocycles. The average molecular weight is 401 g/mol. The predicted octanol–water partition coefficient (Wildman–Crippen LogP) is 3.70. The molecule has 0 bridgehead atoms. The molecule has 1 aliphatic heterocycles. The van der Waals surface area contributed by atoms with Crippen LogP contribution >= 0.6 is 11.6 Å². The summed E-state index contributed by atoms with van der Waals surface area (Å²) in [6.07, 6.45) is 1.77. The Morgan fingerprint density at radius 2 is 1.93 bits per heavy atom. The monoisotopic (exact) mass is 400 g/mol. The van der Waals surface area contributed by atoms with Crippen LogP contribution in [0.2, 0.25) is 5.02 Å². The van der Waals surface area contributed by atoms with E-state index in [1.54, 1.807) is 56.6 Å². The van der Waals surface area contributed by atoms with Crippen LogP contribution in [-0.4, -0.2) is 44.0 Å². The minimum Gasteiger partial charge on any atom is -0.490 e. The molecule has 3 rings (SSSR count). The summed E-state index contributed by atoms with van der Waals surface area (Å²) in [7, 11) is 3.34. The Morgan fingerprint density at radius 3 is 2.64 bits per heavy atom. The van der Waals surface area contributed by atoms with Crippen molar-refractivity contribution in [2.75, 3.05) is 32.6 Å². The van der Waals surface area contributed by atoms with Crippen molar-refractivity contribution < 1.29 is 19.1 Å². The summed E-state index contributed by atoms with van der Waals surface area (Å²) in [6, 6.07) is 10.6. The molecule has 146 valence electrons. The quantitative estimate of drug-likeness (QED) is 0.751. The first kappa shape index (κ1) is 19.8. The molecule has 0 unspecified atom stereocenters. The maximum absolute atomic E-state index is 12.3. The van der Waals surface area contributed by atoms with Crippen LogP contribution in [0.5, 0.6) is 11.5 Å². The molecule has 0 atom stereocenters. The summed E-state index contributed by atoms with van der Waals surface area (Å²) in [5.41, 5.74) is 2.78. The predicted molar refractivity (Wildman–Crippen MR) is 110 cm³/mol. The molecule has 2 amide bonds. The van der Waals surface area contributed by atoms with Gasteiger partial charge in [0.05, 0.1) is 6.61 Å². The van der Waals surface area contributed by atoms with Gasteiger partial charge in [-0.1, -0.05) is 17.7 Å². The summed E-state index contributed by atoms with van der Waals surface area (Å²) in [5.74, 6) is 0.642. The van der Waals surface area contributed by atoms with Gasteiger partial charge in [-0.05, 0) is 48.9 Å². The zero-order valence-corrected chi connectivity index (χ0v) is 16.7. The highest BCUT2D eigenvalue weighted by Crippen LogP contribution is 2.36. The molecule has 28 heavy (non-hydrogen) atoms. The van der Waals surface area contributed by atoms with Gasteiger partial charge in [0.25, 0.3) is 11.8 Å². The fourth-order valence-electron chi connectivity index (χ4n) is 2.74. The van der Waals surface area contributed by atoms with Gasteiger partial charge in [-0.3, -0.25) is 9.59 Å². The van der Waals surface area contributed by atoms with Crippen LogP contribution in [0.15, 0.2) is 36.4 Å². The maximum atomic E-state index is 12.3. The molecule has 0 aromatic heterocycles. The summed E-state index contributed by atoms with van der Waals surface area (Å²) in [4.78, 5) is 25.6. The van der Waals surface area contributed by atoms with Crippen LogP contribution in [0.3, 0.4) is 0 Å². The van der Waals surface area contributed by atoms with E-state index in [9.17, 15) is 9.59 Å². The van der Waals surface area contributed by atoms with Gasteiger partial charge in [0, 0.05) is 35.9 Å². The molecular formula is C21H21ClN2O4. The van der Waals surface area contributed by atoms with Crippen molar-refractivity contribution in [1.29, 1.82) is 0 Å². The van der Waals surface area contributed by atoms with Crippen LogP contribution in [0, 0.1) is 0 Å². The summed E-state index contributed by atoms with van der Waals surface area (Å²) >= 11 is 6.08. The smallest absolute Gasteiger partial charge is 0.259 e. The Bertz CT molecular complexity index is 953. The lowest BCUT2D eigenvalue weighted by molar-refractivity contribution is -0.130. The number of benzene rings is 2. The number of fused-ring (bicyclic) bond motifs is 1. The Labute approximate surface area is 168 Å². The van der Waals surface area contributed by atoms with Gasteiger partial charge >= 0.3 is 0 Å². The van der Waals surface area contributed by atoms with E-state index in [-0.39, 0.29) is 18.4 Å². The number of ether oxygens (including phenoxy) is 2. The lowest BCUT2D eigenvalue weighted by atomic mass is 10.0. The van der Waals surface area contributed by atoms with E-state index in [0.29, 0.717) is 28.7 Å². The first-order chi connectivity index (χ1) is 13.4. The fraction of sp³-hybridized carbons (Fsp3) is 0.238. The number of halogens is 1. The van der Waals surface area contributed by atoms with Gasteiger partial charge in [-0.2, -0.15) is 0 Å². The highest BCUT2D eigenvalue weighted by molar-refractivity contribution is 6.36. The molecule has 0 spiro atoms. The van der Waals surface area contributed by atoms with Gasteiger partial charge in [0.15, 0.2) is 18.1 Å². The van der Waals surface area contributed by atoms with E-state index in [2.05, 4.69) is 5.32 Å². The largest absolute Gasteiger partial charge is 0.490 e. The molecule has 7 heteroatoms. The topological polar surface area (TPSA) is 67.9 Å². The van der Waals surface area contributed by atoms with Crippen LogP contribution in [0.4, 0.5) is 5.69 Å². The van der Waals surface area contributed by atoms with Gasteiger partial charge in [0.1, 0.15) is 0 Å². The third-order valence-corrected chi connectivity index (χ3v) is 4.43. The standard InChI is InChI=1S/C21H21ClN2O4/c1-4-27-19-10-13(5-8-18(19)28-12-20(25)24(2)3)9-16-15-11-14(22)6-7-17(15)23-21(16)26/h5-11H,4,12H2,1-3H3,(H,23,26). The first-order valence-electron chi connectivity index (χ1n) is 8.81. The number of hydrogen-bond donors (Lipinski definition) is 1. The van der Waals surface area contributed by atoms with Crippen molar-refractivity contribution in [2.45, 2.75) is 6.92 Å². The van der Waals surface area contributed by atoms with Crippen molar-refractivity contribution in [3.05, 3.63) is 52.5 Å². The third-order valence-electron chi connectivity index (χ3n) is 4.19. The van der Waals surface area contributed by atoms with E-state index >= 15 is 0 Å². The average Bonchev–Trinajstić information content (AvgIpc) is 2.96. The number of carbonyl (C=O) groups excluding carboxylic acids is 2. The number of nitrogens with zero attached hydrogens (tertiary/aromatic N) is 1. The second kappa shape index (κ2) is 8.35. The Kier molecular flexibility index (Phi) is 5.90. The SMILES string of the molecule is CCOc1cc(C=C2C(=O)Nc3ccc(Cl)cc32)ccc1OCC(=O)N(C)C. The zero-order chi connectivity index (χ0) is 20.3. The van der Waals surface area contributed by atoms with Gasteiger partial charge in [-0.25, -0.2) is 0 Å². The molecule has 0 saturated carbocycles. The molecule has 0 saturated heterocycles. The Balaban J connectivity index is 1.90. The van der Waals surface area contributed by atoms with Gasteiger partial charge in [0.2, 0.25) is 0 Å². The van der Waals surface area contributed by atoms with E-state index in [4.69, 9.17) is 21.1 Å². The third kappa shape index (κ3) is 4.28. The number of rotatable bonds is 6. The van der Waals surface area contributed by atoms with E-state index < -0.39 is 0 Å². The fourth-order valence-corrected chi connectivity index (χ4v) is 2.91. The van der Waals surface area contributed by atoms with Crippen molar-refractivity contribution in [2.24, 2.45) is 0 Å². The van der Waals surface area contributed by atoms with Gasteiger partial charge in [-0.15, -0.1) is 0 Å². The minimum atomic E-state index is -0.188. The maximum Gasteiger partial charge on any atom is 0.259 e. The number of carbonyl (C=O) groups is 2. The first-order valence-corrected chi connectivity index (χ1v) is 9.19. The lowest BCUT2D eigenvalue weighted by Crippen LogP contribution is -2.27. The number of nitrogens with one attached hydrogen (secondary N) is 1. The summed E-state index contributed by atoms with van der Waals surface area (Å²) < 4.78 is 11.2. The van der Waals surface area contributed by atoms with Crippen LogP contribution in [0.25, 0.3) is 11.6 Å². The molecule has 6 nitrogen and oxygen atoms in total.